The van der Waals surface area contributed by atoms with Gasteiger partial charge in [0.2, 0.25) is 0 Å². The third kappa shape index (κ3) is 3.08. The zero-order valence-corrected chi connectivity index (χ0v) is 17.7. The molecule has 2 aromatic rings. The Kier molecular flexibility index (Phi) is 4.49. The second-order valence-corrected chi connectivity index (χ2v) is 9.46. The maximum absolute atomic E-state index is 13.1. The van der Waals surface area contributed by atoms with E-state index in [4.69, 9.17) is 9.15 Å². The molecule has 2 aliphatic carbocycles. The zero-order valence-electron chi connectivity index (χ0n) is 17.7. The van der Waals surface area contributed by atoms with Crippen LogP contribution >= 0.6 is 0 Å². The van der Waals surface area contributed by atoms with Gasteiger partial charge in [0.1, 0.15) is 16.9 Å². The van der Waals surface area contributed by atoms with Crippen molar-refractivity contribution in [2.45, 2.75) is 77.4 Å². The fourth-order valence-electron chi connectivity index (χ4n) is 5.57. The Morgan fingerprint density at radius 3 is 2.72 bits per heavy atom. The van der Waals surface area contributed by atoms with Crippen LogP contribution in [0, 0.1) is 18.8 Å². The van der Waals surface area contributed by atoms with Crippen LogP contribution in [-0.2, 0) is 0 Å². The summed E-state index contributed by atoms with van der Waals surface area (Å²) in [6.07, 6.45) is 12.5. The Bertz CT molecular complexity index is 980. The third-order valence-electron chi connectivity index (χ3n) is 7.64. The summed E-state index contributed by atoms with van der Waals surface area (Å²) >= 11 is 0. The van der Waals surface area contributed by atoms with Crippen molar-refractivity contribution < 1.29 is 13.9 Å². The highest BCUT2D eigenvalue weighted by Crippen LogP contribution is 2.44. The molecular weight excluding hydrogens is 362 g/mol. The summed E-state index contributed by atoms with van der Waals surface area (Å²) in [6.45, 7) is 6.52. The van der Waals surface area contributed by atoms with E-state index < -0.39 is 0 Å². The molecule has 29 heavy (non-hydrogen) atoms. The van der Waals surface area contributed by atoms with Crippen molar-refractivity contribution in [3.05, 3.63) is 35.1 Å². The number of carbonyl (C=O) groups is 1. The molecule has 3 aliphatic rings. The topological polar surface area (TPSA) is 51.5 Å². The van der Waals surface area contributed by atoms with Crippen molar-refractivity contribution >= 4 is 23.0 Å². The standard InChI is InChI=1S/C25H31NO3/c1-15-7-6-8-19(16(15)2)26-24(27)23-17(3)22-18-11-14-25(12-4-5-13-25)29-20(18)9-10-21(22)28-23/h9-11,14-16,19H,4-8,12-13H2,1-3H3,(H,26,27). The minimum absolute atomic E-state index is 0.0913. The molecule has 2 saturated carbocycles. The van der Waals surface area contributed by atoms with Crippen LogP contribution in [-0.4, -0.2) is 17.6 Å². The average Bonchev–Trinajstić information content (AvgIpc) is 3.30. The summed E-state index contributed by atoms with van der Waals surface area (Å²) in [4.78, 5) is 13.1. The van der Waals surface area contributed by atoms with Gasteiger partial charge in [0, 0.05) is 22.6 Å². The fraction of sp³-hybridized carbons (Fsp3) is 0.560. The van der Waals surface area contributed by atoms with E-state index in [2.05, 4.69) is 31.3 Å². The first-order valence-corrected chi connectivity index (χ1v) is 11.2. The van der Waals surface area contributed by atoms with Crippen molar-refractivity contribution in [3.8, 4) is 5.75 Å². The number of carbonyl (C=O) groups excluding carboxylic acids is 1. The van der Waals surface area contributed by atoms with Crippen LogP contribution < -0.4 is 10.1 Å². The molecule has 1 aliphatic heterocycles. The number of hydrogen-bond acceptors (Lipinski definition) is 3. The summed E-state index contributed by atoms with van der Waals surface area (Å²) < 4.78 is 12.5. The minimum Gasteiger partial charge on any atom is -0.483 e. The molecule has 1 aromatic heterocycles. The maximum atomic E-state index is 13.1. The largest absolute Gasteiger partial charge is 0.483 e. The van der Waals surface area contributed by atoms with Crippen LogP contribution in [0.25, 0.3) is 17.0 Å². The van der Waals surface area contributed by atoms with Crippen molar-refractivity contribution in [3.63, 3.8) is 0 Å². The van der Waals surface area contributed by atoms with Crippen molar-refractivity contribution in [1.29, 1.82) is 0 Å². The number of fused-ring (bicyclic) bond motifs is 3. The molecule has 4 nitrogen and oxygen atoms in total. The van der Waals surface area contributed by atoms with Gasteiger partial charge in [0.25, 0.3) is 5.91 Å². The first kappa shape index (κ1) is 18.8. The van der Waals surface area contributed by atoms with Gasteiger partial charge in [0.15, 0.2) is 5.76 Å². The van der Waals surface area contributed by atoms with Gasteiger partial charge in [-0.25, -0.2) is 0 Å². The quantitative estimate of drug-likeness (QED) is 0.679. The number of furan rings is 1. The van der Waals surface area contributed by atoms with E-state index >= 15 is 0 Å². The highest BCUT2D eigenvalue weighted by atomic mass is 16.5. The van der Waals surface area contributed by atoms with Gasteiger partial charge in [0.05, 0.1) is 0 Å². The van der Waals surface area contributed by atoms with Gasteiger partial charge in [-0.05, 0) is 69.1 Å². The Labute approximate surface area is 172 Å². The van der Waals surface area contributed by atoms with Gasteiger partial charge >= 0.3 is 0 Å². The molecule has 1 N–H and O–H groups in total. The SMILES string of the molecule is Cc1c(C(=O)NC2CCCC(C)C2C)oc2ccc3c(c12)C=CC1(CCCC1)O3. The molecule has 0 bridgehead atoms. The van der Waals surface area contributed by atoms with Crippen molar-refractivity contribution in [2.75, 3.05) is 0 Å². The number of ether oxygens (including phenoxy) is 1. The summed E-state index contributed by atoms with van der Waals surface area (Å²) in [5.41, 5.74) is 2.57. The highest BCUT2D eigenvalue weighted by Gasteiger charge is 2.37. The maximum Gasteiger partial charge on any atom is 0.287 e. The Morgan fingerprint density at radius 2 is 1.93 bits per heavy atom. The van der Waals surface area contributed by atoms with Crippen LogP contribution in [0.2, 0.25) is 0 Å². The minimum atomic E-state index is -0.133. The lowest BCUT2D eigenvalue weighted by molar-refractivity contribution is 0.0864. The number of nitrogens with one attached hydrogen (secondary N) is 1. The van der Waals surface area contributed by atoms with E-state index in [1.165, 1.54) is 25.7 Å². The summed E-state index contributed by atoms with van der Waals surface area (Å²) in [7, 11) is 0. The zero-order chi connectivity index (χ0) is 20.2. The van der Waals surface area contributed by atoms with Gasteiger partial charge in [-0.1, -0.05) is 32.8 Å². The van der Waals surface area contributed by atoms with Gasteiger partial charge in [-0.3, -0.25) is 4.79 Å². The summed E-state index contributed by atoms with van der Waals surface area (Å²) in [5.74, 6) is 2.39. The summed E-state index contributed by atoms with van der Waals surface area (Å²) in [6, 6.07) is 4.17. The molecule has 4 heteroatoms. The van der Waals surface area contributed by atoms with Gasteiger partial charge < -0.3 is 14.5 Å². The fourth-order valence-corrected chi connectivity index (χ4v) is 5.57. The molecule has 1 aromatic carbocycles. The third-order valence-corrected chi connectivity index (χ3v) is 7.64. The number of rotatable bonds is 2. The predicted octanol–water partition coefficient (Wildman–Crippen LogP) is 6.01. The van der Waals surface area contributed by atoms with E-state index in [0.717, 1.165) is 47.1 Å². The second-order valence-electron chi connectivity index (χ2n) is 9.46. The van der Waals surface area contributed by atoms with Crippen LogP contribution in [0.4, 0.5) is 0 Å². The molecule has 5 rings (SSSR count). The molecule has 0 radical (unpaired) electrons. The van der Waals surface area contributed by atoms with Crippen LogP contribution in [0.3, 0.4) is 0 Å². The van der Waals surface area contributed by atoms with Gasteiger partial charge in [-0.2, -0.15) is 0 Å². The van der Waals surface area contributed by atoms with E-state index in [9.17, 15) is 4.79 Å². The van der Waals surface area contributed by atoms with E-state index in [1.54, 1.807) is 0 Å². The first-order chi connectivity index (χ1) is 14.0. The Balaban J connectivity index is 1.46. The van der Waals surface area contributed by atoms with E-state index in [1.807, 2.05) is 19.1 Å². The first-order valence-electron chi connectivity index (χ1n) is 11.2. The summed E-state index contributed by atoms with van der Waals surface area (Å²) in [5, 5.41) is 4.26. The highest BCUT2D eigenvalue weighted by molar-refractivity contribution is 6.02. The Morgan fingerprint density at radius 1 is 1.14 bits per heavy atom. The predicted molar refractivity (Wildman–Crippen MR) is 115 cm³/mol. The lowest BCUT2D eigenvalue weighted by Gasteiger charge is -2.34. The molecule has 0 saturated heterocycles. The smallest absolute Gasteiger partial charge is 0.287 e. The molecule has 2 fully saturated rings. The molecule has 1 spiro atoms. The lowest BCUT2D eigenvalue weighted by Crippen LogP contribution is -2.43. The second kappa shape index (κ2) is 6.93. The molecule has 154 valence electrons. The van der Waals surface area contributed by atoms with E-state index in [-0.39, 0.29) is 17.6 Å². The molecule has 2 heterocycles. The number of aryl methyl sites for hydroxylation is 1. The van der Waals surface area contributed by atoms with Crippen LogP contribution in [0.5, 0.6) is 5.75 Å². The van der Waals surface area contributed by atoms with Crippen molar-refractivity contribution in [2.24, 2.45) is 11.8 Å². The Hall–Kier alpha value is -2.23. The molecule has 1 amide bonds. The number of amides is 1. The average molecular weight is 394 g/mol. The lowest BCUT2D eigenvalue weighted by atomic mass is 9.78. The van der Waals surface area contributed by atoms with Gasteiger partial charge in [-0.15, -0.1) is 0 Å². The monoisotopic (exact) mass is 393 g/mol. The van der Waals surface area contributed by atoms with E-state index in [0.29, 0.717) is 17.6 Å². The number of hydrogen-bond donors (Lipinski definition) is 1. The molecular formula is C25H31NO3. The molecule has 3 atom stereocenters. The molecule has 3 unspecified atom stereocenters. The van der Waals surface area contributed by atoms with Crippen LogP contribution in [0.15, 0.2) is 22.6 Å². The van der Waals surface area contributed by atoms with Crippen LogP contribution in [0.1, 0.15) is 80.5 Å². The normalized spacial score (nSPS) is 27.8. The number of benzene rings is 1. The van der Waals surface area contributed by atoms with Crippen molar-refractivity contribution in [1.82, 2.24) is 5.32 Å².